The molecule has 5 heteroatoms. The highest BCUT2D eigenvalue weighted by Crippen LogP contribution is 2.73. The van der Waals surface area contributed by atoms with Gasteiger partial charge in [0, 0.05) is 22.3 Å². The minimum atomic E-state index is -1.60. The van der Waals surface area contributed by atoms with Crippen LogP contribution in [0.15, 0.2) is 35.8 Å². The van der Waals surface area contributed by atoms with Crippen molar-refractivity contribution in [2.24, 2.45) is 21.7 Å². The molecule has 0 aromatic heterocycles. The number of nitrogens with zero attached hydrogens (tertiary/aromatic N) is 1. The summed E-state index contributed by atoms with van der Waals surface area (Å²) in [5, 5.41) is 28.0. The SMILES string of the molecule is C=C[C@]1(C)CC[C@H]2C(C)(C)c3cccc4c3[C@]3(O)C(=N4)C(C)(C)[C@H]4O[C@H]4[C@]1([NH2+][CH2-])[C@]23O. The average Bonchev–Trinajstić information content (AvgIpc) is 3.46. The lowest BCUT2D eigenvalue weighted by Crippen LogP contribution is -3.07. The van der Waals surface area contributed by atoms with E-state index in [9.17, 15) is 10.2 Å². The fraction of sp³-hybridized carbons (Fsp3) is 0.615. The van der Waals surface area contributed by atoms with E-state index in [1.807, 2.05) is 23.5 Å². The quantitative estimate of drug-likeness (QED) is 0.389. The summed E-state index contributed by atoms with van der Waals surface area (Å²) in [5.74, 6) is -0.194. The zero-order chi connectivity index (χ0) is 22.4. The number of aliphatic imine (C=N–C) groups is 1. The molecule has 1 saturated heterocycles. The first kappa shape index (κ1) is 20.1. The summed E-state index contributed by atoms with van der Waals surface area (Å²) in [5.41, 5.74) is -2.12. The predicted molar refractivity (Wildman–Crippen MR) is 119 cm³/mol. The first-order valence-corrected chi connectivity index (χ1v) is 11.5. The molecule has 5 nitrogen and oxygen atoms in total. The Labute approximate surface area is 184 Å². The first-order chi connectivity index (χ1) is 14.4. The molecule has 0 unspecified atom stereocenters. The summed E-state index contributed by atoms with van der Waals surface area (Å²) in [6.07, 6.45) is 3.19. The smallest absolute Gasteiger partial charge is 0.166 e. The van der Waals surface area contributed by atoms with Gasteiger partial charge in [-0.15, -0.1) is 6.58 Å². The second-order valence-electron chi connectivity index (χ2n) is 11.8. The molecule has 2 saturated carbocycles. The van der Waals surface area contributed by atoms with Crippen LogP contribution in [0.5, 0.6) is 0 Å². The van der Waals surface area contributed by atoms with Crippen molar-refractivity contribution >= 4 is 11.4 Å². The Morgan fingerprint density at radius 2 is 1.87 bits per heavy atom. The molecule has 1 aromatic carbocycles. The molecule has 7 atom stereocenters. The number of hydrogen-bond donors (Lipinski definition) is 3. The van der Waals surface area contributed by atoms with Crippen LogP contribution in [0, 0.1) is 23.8 Å². The zero-order valence-electron chi connectivity index (χ0n) is 19.2. The second-order valence-corrected chi connectivity index (χ2v) is 11.8. The Kier molecular flexibility index (Phi) is 3.35. The van der Waals surface area contributed by atoms with Gasteiger partial charge in [-0.2, -0.15) is 7.05 Å². The number of benzene rings is 1. The first-order valence-electron chi connectivity index (χ1n) is 11.5. The largest absolute Gasteiger partial charge is 0.468 e. The Morgan fingerprint density at radius 3 is 2.52 bits per heavy atom. The summed E-state index contributed by atoms with van der Waals surface area (Å²) >= 11 is 0. The third-order valence-corrected chi connectivity index (χ3v) is 10.2. The van der Waals surface area contributed by atoms with Gasteiger partial charge in [-0.1, -0.05) is 45.9 Å². The molecular formula is C26H34N2O3. The number of epoxide rings is 1. The predicted octanol–water partition coefficient (Wildman–Crippen LogP) is 2.49. The van der Waals surface area contributed by atoms with Crippen molar-refractivity contribution < 1.29 is 20.3 Å². The molecule has 4 N–H and O–H groups in total. The summed E-state index contributed by atoms with van der Waals surface area (Å²) < 4.78 is 6.42. The third kappa shape index (κ3) is 1.66. The van der Waals surface area contributed by atoms with Crippen LogP contribution in [0.1, 0.15) is 58.6 Å². The van der Waals surface area contributed by atoms with Crippen LogP contribution >= 0.6 is 0 Å². The monoisotopic (exact) mass is 422 g/mol. The van der Waals surface area contributed by atoms with Gasteiger partial charge in [0.2, 0.25) is 0 Å². The lowest BCUT2D eigenvalue weighted by molar-refractivity contribution is -0.723. The van der Waals surface area contributed by atoms with Gasteiger partial charge in [0.1, 0.15) is 17.7 Å². The molecule has 6 rings (SSSR count). The number of quaternary nitrogens is 1. The van der Waals surface area contributed by atoms with E-state index < -0.39 is 27.6 Å². The molecule has 1 aromatic rings. The maximum absolute atomic E-state index is 13.2. The van der Waals surface area contributed by atoms with Gasteiger partial charge in [-0.25, -0.2) is 0 Å². The van der Waals surface area contributed by atoms with E-state index in [1.54, 1.807) is 0 Å². The van der Waals surface area contributed by atoms with Gasteiger partial charge >= 0.3 is 0 Å². The van der Waals surface area contributed by atoms with Crippen molar-refractivity contribution in [3.05, 3.63) is 49.0 Å². The number of ether oxygens (including phenoxy) is 1. The molecule has 0 amide bonds. The number of fused-ring (bicyclic) bond motifs is 2. The van der Waals surface area contributed by atoms with Crippen molar-refractivity contribution in [2.45, 2.75) is 81.8 Å². The van der Waals surface area contributed by atoms with Crippen LogP contribution < -0.4 is 5.32 Å². The Hall–Kier alpha value is -1.53. The molecule has 166 valence electrons. The lowest BCUT2D eigenvalue weighted by Gasteiger charge is -2.68. The van der Waals surface area contributed by atoms with Gasteiger partial charge in [0.15, 0.2) is 11.2 Å². The standard InChI is InChI=1S/C26H34N2O3/c1-8-23(6)13-12-16-21(2,3)14-10-9-11-15-17(14)24(29)20(28-15)22(4,5)18-19(31-18)25(23,27-7)26(16,24)30/h8-11,16,18-19,29-30H,1,7,12-13,27H2,2-6H3/t16-,18-,19+,23+,24-,25+,26-/m0/s1. The van der Waals surface area contributed by atoms with Crippen molar-refractivity contribution in [2.75, 3.05) is 0 Å². The highest BCUT2D eigenvalue weighted by molar-refractivity contribution is 6.07. The minimum Gasteiger partial charge on any atom is -0.468 e. The topological polar surface area (TPSA) is 82.0 Å². The Morgan fingerprint density at radius 1 is 1.16 bits per heavy atom. The lowest BCUT2D eigenvalue weighted by atomic mass is 9.39. The third-order valence-electron chi connectivity index (χ3n) is 10.2. The van der Waals surface area contributed by atoms with Crippen molar-refractivity contribution in [3.63, 3.8) is 0 Å². The maximum atomic E-state index is 13.2. The van der Waals surface area contributed by atoms with Crippen LogP contribution in [0.4, 0.5) is 5.69 Å². The Bertz CT molecular complexity index is 1080. The molecule has 5 aliphatic rings. The number of hydrogen-bond acceptors (Lipinski definition) is 4. The van der Waals surface area contributed by atoms with E-state index in [0.29, 0.717) is 5.71 Å². The molecule has 0 radical (unpaired) electrons. The molecular weight excluding hydrogens is 388 g/mol. The summed E-state index contributed by atoms with van der Waals surface area (Å²) in [4.78, 5) is 5.03. The fourth-order valence-electron chi connectivity index (χ4n) is 8.52. The molecule has 0 spiro atoms. The van der Waals surface area contributed by atoms with E-state index in [-0.39, 0.29) is 23.5 Å². The second kappa shape index (κ2) is 5.17. The van der Waals surface area contributed by atoms with Crippen LogP contribution in [0.25, 0.3) is 0 Å². The van der Waals surface area contributed by atoms with Gasteiger partial charge in [0.25, 0.3) is 0 Å². The number of rotatable bonds is 2. The van der Waals surface area contributed by atoms with Crippen LogP contribution in [0.2, 0.25) is 0 Å². The molecule has 2 heterocycles. The van der Waals surface area contributed by atoms with Gasteiger partial charge < -0.3 is 20.3 Å². The van der Waals surface area contributed by atoms with Crippen molar-refractivity contribution in [3.8, 4) is 0 Å². The van der Waals surface area contributed by atoms with Crippen molar-refractivity contribution in [1.82, 2.24) is 0 Å². The normalized spacial score (nSPS) is 49.4. The summed E-state index contributed by atoms with van der Waals surface area (Å²) in [7, 11) is 4.28. The maximum Gasteiger partial charge on any atom is 0.166 e. The summed E-state index contributed by atoms with van der Waals surface area (Å²) in [6.45, 7) is 14.9. The molecule has 0 bridgehead atoms. The van der Waals surface area contributed by atoms with Crippen LogP contribution in [-0.2, 0) is 15.8 Å². The van der Waals surface area contributed by atoms with Crippen LogP contribution in [0.3, 0.4) is 0 Å². The molecule has 31 heavy (non-hydrogen) atoms. The van der Waals surface area contributed by atoms with E-state index in [0.717, 1.165) is 29.7 Å². The Balaban J connectivity index is 1.83. The van der Waals surface area contributed by atoms with Gasteiger partial charge in [-0.3, -0.25) is 4.99 Å². The summed E-state index contributed by atoms with van der Waals surface area (Å²) in [6, 6.07) is 6.10. The highest BCUT2D eigenvalue weighted by Gasteiger charge is 2.89. The van der Waals surface area contributed by atoms with E-state index >= 15 is 0 Å². The van der Waals surface area contributed by atoms with Gasteiger partial charge in [0.05, 0.1) is 11.4 Å². The zero-order valence-corrected chi connectivity index (χ0v) is 19.2. The highest BCUT2D eigenvalue weighted by atomic mass is 16.6. The van der Waals surface area contributed by atoms with Crippen molar-refractivity contribution in [1.29, 1.82) is 0 Å². The average molecular weight is 423 g/mol. The molecule has 3 aliphatic carbocycles. The molecule has 3 fully saturated rings. The van der Waals surface area contributed by atoms with Gasteiger partial charge in [-0.05, 0) is 36.8 Å². The fourth-order valence-corrected chi connectivity index (χ4v) is 8.52. The number of aliphatic hydroxyl groups is 2. The molecule has 2 aliphatic heterocycles. The van der Waals surface area contributed by atoms with E-state index in [2.05, 4.69) is 54.3 Å². The van der Waals surface area contributed by atoms with E-state index in [1.165, 1.54) is 0 Å². The van der Waals surface area contributed by atoms with E-state index in [4.69, 9.17) is 9.73 Å². The van der Waals surface area contributed by atoms with Crippen LogP contribution in [-0.4, -0.2) is 39.3 Å². The minimum absolute atomic E-state index is 0.151. The number of nitrogens with two attached hydrogens (primary N) is 1.